The third-order valence-corrected chi connectivity index (χ3v) is 5.16. The smallest absolute Gasteiger partial charge is 0.317 e. The normalized spacial score (nSPS) is 16.6. The molecule has 1 saturated heterocycles. The van der Waals surface area contributed by atoms with Crippen LogP contribution < -0.4 is 5.32 Å². The molecule has 1 N–H and O–H groups in total. The highest BCUT2D eigenvalue weighted by molar-refractivity contribution is 5.74. The molecule has 25 heavy (non-hydrogen) atoms. The summed E-state index contributed by atoms with van der Waals surface area (Å²) in [6.07, 6.45) is 5.19. The predicted octanol–water partition coefficient (Wildman–Crippen LogP) is 2.83. The van der Waals surface area contributed by atoms with Gasteiger partial charge in [0.05, 0.1) is 12.2 Å². The van der Waals surface area contributed by atoms with Crippen molar-refractivity contribution in [3.05, 3.63) is 17.0 Å². The Bertz CT molecular complexity index is 585. The fourth-order valence-corrected chi connectivity index (χ4v) is 3.63. The molecule has 0 radical (unpaired) electrons. The number of carbonyl (C=O) groups is 1. The molecular weight excluding hydrogens is 314 g/mol. The van der Waals surface area contributed by atoms with Gasteiger partial charge in [0.25, 0.3) is 0 Å². The average Bonchev–Trinajstić information content (AvgIpc) is 2.72. The molecule has 0 aliphatic carbocycles. The summed E-state index contributed by atoms with van der Waals surface area (Å²) < 4.78 is 1.87. The topological polar surface area (TPSA) is 53.4 Å². The molecule has 142 valence electrons. The van der Waals surface area contributed by atoms with Gasteiger partial charge in [-0.25, -0.2) is 4.79 Å². The Kier molecular flexibility index (Phi) is 6.49. The zero-order valence-corrected chi connectivity index (χ0v) is 16.9. The van der Waals surface area contributed by atoms with Crippen molar-refractivity contribution in [2.24, 2.45) is 7.05 Å². The quantitative estimate of drug-likeness (QED) is 0.889. The first-order chi connectivity index (χ1) is 11.7. The molecule has 6 nitrogen and oxygen atoms in total. The minimum absolute atomic E-state index is 0.0255. The van der Waals surface area contributed by atoms with Crippen LogP contribution in [0.25, 0.3) is 0 Å². The zero-order valence-electron chi connectivity index (χ0n) is 16.9. The minimum Gasteiger partial charge on any atom is -0.332 e. The number of urea groups is 1. The third-order valence-electron chi connectivity index (χ3n) is 5.16. The molecule has 2 heterocycles. The van der Waals surface area contributed by atoms with E-state index in [-0.39, 0.29) is 11.6 Å². The van der Waals surface area contributed by atoms with E-state index in [1.807, 2.05) is 32.6 Å². The molecule has 1 fully saturated rings. The Balaban J connectivity index is 1.92. The Labute approximate surface area is 152 Å². The number of rotatable bonds is 5. The summed E-state index contributed by atoms with van der Waals surface area (Å²) in [7, 11) is 3.79. The summed E-state index contributed by atoms with van der Waals surface area (Å²) in [5.74, 6) is 0. The number of carbonyl (C=O) groups excluding carboxylic acids is 1. The van der Waals surface area contributed by atoms with Gasteiger partial charge in [0, 0.05) is 37.4 Å². The van der Waals surface area contributed by atoms with Crippen LogP contribution in [0.3, 0.4) is 0 Å². The number of hydrogen-bond acceptors (Lipinski definition) is 3. The molecule has 2 amide bonds. The van der Waals surface area contributed by atoms with Crippen LogP contribution in [-0.2, 0) is 13.6 Å². The SMILES string of the molecule is Cc1nn(C)c(C)c1CN(C)C(=O)NC(C)(C)CN1CCCCCC1. The molecule has 0 atom stereocenters. The van der Waals surface area contributed by atoms with Crippen LogP contribution in [0, 0.1) is 13.8 Å². The molecule has 0 saturated carbocycles. The molecule has 2 rings (SSSR count). The number of likely N-dealkylation sites (tertiary alicyclic amines) is 1. The second-order valence-electron chi connectivity index (χ2n) is 8.13. The van der Waals surface area contributed by atoms with E-state index in [9.17, 15) is 4.79 Å². The highest BCUT2D eigenvalue weighted by atomic mass is 16.2. The molecule has 0 bridgehead atoms. The Morgan fingerprint density at radius 3 is 2.32 bits per heavy atom. The van der Waals surface area contributed by atoms with Gasteiger partial charge in [0.1, 0.15) is 0 Å². The molecule has 0 aromatic carbocycles. The molecule has 1 aliphatic heterocycles. The summed E-state index contributed by atoms with van der Waals surface area (Å²) in [4.78, 5) is 16.9. The van der Waals surface area contributed by atoms with E-state index >= 15 is 0 Å². The van der Waals surface area contributed by atoms with Gasteiger partial charge in [0.15, 0.2) is 0 Å². The van der Waals surface area contributed by atoms with Crippen molar-refractivity contribution in [2.75, 3.05) is 26.7 Å². The monoisotopic (exact) mass is 349 g/mol. The van der Waals surface area contributed by atoms with E-state index in [0.717, 1.165) is 36.6 Å². The van der Waals surface area contributed by atoms with Gasteiger partial charge in [-0.2, -0.15) is 5.10 Å². The summed E-state index contributed by atoms with van der Waals surface area (Å²) >= 11 is 0. The number of nitrogens with one attached hydrogen (secondary N) is 1. The first-order valence-corrected chi connectivity index (χ1v) is 9.44. The van der Waals surface area contributed by atoms with E-state index in [1.54, 1.807) is 4.90 Å². The number of nitrogens with zero attached hydrogens (tertiary/aromatic N) is 4. The summed E-state index contributed by atoms with van der Waals surface area (Å²) in [6.45, 7) is 12.0. The maximum Gasteiger partial charge on any atom is 0.317 e. The van der Waals surface area contributed by atoms with Crippen LogP contribution >= 0.6 is 0 Å². The molecule has 6 heteroatoms. The Hall–Kier alpha value is -1.56. The fourth-order valence-electron chi connectivity index (χ4n) is 3.63. The van der Waals surface area contributed by atoms with E-state index in [0.29, 0.717) is 6.54 Å². The maximum atomic E-state index is 12.7. The zero-order chi connectivity index (χ0) is 18.6. The number of amides is 2. The van der Waals surface area contributed by atoms with Gasteiger partial charge >= 0.3 is 6.03 Å². The van der Waals surface area contributed by atoms with Gasteiger partial charge in [-0.1, -0.05) is 12.8 Å². The van der Waals surface area contributed by atoms with E-state index in [2.05, 4.69) is 29.2 Å². The van der Waals surface area contributed by atoms with Crippen molar-refractivity contribution in [3.63, 3.8) is 0 Å². The second-order valence-corrected chi connectivity index (χ2v) is 8.13. The lowest BCUT2D eigenvalue weighted by molar-refractivity contribution is 0.174. The van der Waals surface area contributed by atoms with Crippen LogP contribution in [0.4, 0.5) is 4.79 Å². The Morgan fingerprint density at radius 1 is 1.20 bits per heavy atom. The molecule has 1 aromatic heterocycles. The van der Waals surface area contributed by atoms with Crippen LogP contribution in [0.5, 0.6) is 0 Å². The van der Waals surface area contributed by atoms with Crippen molar-refractivity contribution in [2.45, 2.75) is 65.5 Å². The van der Waals surface area contributed by atoms with Gasteiger partial charge in [-0.15, -0.1) is 0 Å². The second kappa shape index (κ2) is 8.21. The lowest BCUT2D eigenvalue weighted by atomic mass is 10.0. The van der Waals surface area contributed by atoms with Crippen molar-refractivity contribution in [1.29, 1.82) is 0 Å². The van der Waals surface area contributed by atoms with Crippen molar-refractivity contribution in [1.82, 2.24) is 24.9 Å². The van der Waals surface area contributed by atoms with E-state index in [4.69, 9.17) is 0 Å². The van der Waals surface area contributed by atoms with Crippen LogP contribution in [0.2, 0.25) is 0 Å². The number of hydrogen-bond donors (Lipinski definition) is 1. The Morgan fingerprint density at radius 2 is 1.80 bits per heavy atom. The lowest BCUT2D eigenvalue weighted by Gasteiger charge is -2.34. The standard InChI is InChI=1S/C19H35N5O/c1-15-17(16(2)23(6)21-15)13-22(5)18(25)20-19(3,4)14-24-11-9-7-8-10-12-24/h7-14H2,1-6H3,(H,20,25). The van der Waals surface area contributed by atoms with E-state index < -0.39 is 0 Å². The van der Waals surface area contributed by atoms with Crippen molar-refractivity contribution in [3.8, 4) is 0 Å². The van der Waals surface area contributed by atoms with Crippen LogP contribution in [-0.4, -0.2) is 57.8 Å². The number of aryl methyl sites for hydroxylation is 2. The molecule has 0 spiro atoms. The fraction of sp³-hybridized carbons (Fsp3) is 0.789. The van der Waals surface area contributed by atoms with Gasteiger partial charge in [-0.05, 0) is 53.6 Å². The first-order valence-electron chi connectivity index (χ1n) is 9.44. The molecular formula is C19H35N5O. The minimum atomic E-state index is -0.241. The van der Waals surface area contributed by atoms with Gasteiger partial charge < -0.3 is 15.1 Å². The largest absolute Gasteiger partial charge is 0.332 e. The third kappa shape index (κ3) is 5.46. The highest BCUT2D eigenvalue weighted by Gasteiger charge is 2.26. The lowest BCUT2D eigenvalue weighted by Crippen LogP contribution is -2.54. The number of aromatic nitrogens is 2. The predicted molar refractivity (Wildman–Crippen MR) is 102 cm³/mol. The molecule has 0 unspecified atom stereocenters. The van der Waals surface area contributed by atoms with Crippen molar-refractivity contribution < 1.29 is 4.79 Å². The van der Waals surface area contributed by atoms with E-state index in [1.165, 1.54) is 25.7 Å². The van der Waals surface area contributed by atoms with Crippen LogP contribution in [0.15, 0.2) is 0 Å². The van der Waals surface area contributed by atoms with Gasteiger partial charge in [0.2, 0.25) is 0 Å². The maximum absolute atomic E-state index is 12.7. The average molecular weight is 350 g/mol. The molecule has 1 aliphatic rings. The summed E-state index contributed by atoms with van der Waals surface area (Å²) in [6, 6.07) is -0.0255. The van der Waals surface area contributed by atoms with Crippen LogP contribution in [0.1, 0.15) is 56.5 Å². The van der Waals surface area contributed by atoms with Crippen molar-refractivity contribution >= 4 is 6.03 Å². The molecule has 1 aromatic rings. The summed E-state index contributed by atoms with van der Waals surface area (Å²) in [5.41, 5.74) is 2.99. The highest BCUT2D eigenvalue weighted by Crippen LogP contribution is 2.16. The summed E-state index contributed by atoms with van der Waals surface area (Å²) in [5, 5.41) is 7.64. The first kappa shape index (κ1) is 19.8. The van der Waals surface area contributed by atoms with Gasteiger partial charge in [-0.3, -0.25) is 4.68 Å².